The summed E-state index contributed by atoms with van der Waals surface area (Å²) in [6.07, 6.45) is 0. The van der Waals surface area contributed by atoms with Crippen molar-refractivity contribution in [3.8, 4) is 0 Å². The topological polar surface area (TPSA) is 32.3 Å². The molecule has 1 rings (SSSR count). The van der Waals surface area contributed by atoms with E-state index in [9.17, 15) is 9.18 Å². The molecule has 1 aromatic carbocycles. The van der Waals surface area contributed by atoms with Crippen LogP contribution in [0.4, 0.5) is 4.39 Å². The van der Waals surface area contributed by atoms with Crippen molar-refractivity contribution in [2.75, 3.05) is 27.2 Å². The van der Waals surface area contributed by atoms with Crippen molar-refractivity contribution < 1.29 is 9.18 Å². The number of benzene rings is 1. The van der Waals surface area contributed by atoms with Crippen LogP contribution in [0.3, 0.4) is 0 Å². The highest BCUT2D eigenvalue weighted by Crippen LogP contribution is 2.15. The Hall–Kier alpha value is -1.42. The highest BCUT2D eigenvalue weighted by atomic mass is 19.1. The number of hydrogen-bond acceptors (Lipinski definition) is 2. The number of hydrogen-bond donors (Lipinski definition) is 1. The largest absolute Gasteiger partial charge is 0.351 e. The average molecular weight is 266 g/mol. The third kappa shape index (κ3) is 4.99. The molecule has 0 spiro atoms. The zero-order valence-corrected chi connectivity index (χ0v) is 12.4. The van der Waals surface area contributed by atoms with Crippen LogP contribution in [-0.4, -0.2) is 38.0 Å². The Morgan fingerprint density at radius 3 is 2.58 bits per heavy atom. The van der Waals surface area contributed by atoms with Crippen molar-refractivity contribution in [3.63, 3.8) is 0 Å². The van der Waals surface area contributed by atoms with Crippen molar-refractivity contribution in [1.29, 1.82) is 0 Å². The number of aryl methyl sites for hydroxylation is 1. The van der Waals surface area contributed by atoms with Gasteiger partial charge in [0.1, 0.15) is 5.82 Å². The van der Waals surface area contributed by atoms with Crippen LogP contribution in [0.2, 0.25) is 0 Å². The molecule has 19 heavy (non-hydrogen) atoms. The molecule has 0 saturated carbocycles. The lowest BCUT2D eigenvalue weighted by Crippen LogP contribution is -2.40. The lowest BCUT2D eigenvalue weighted by Gasteiger charge is -2.28. The van der Waals surface area contributed by atoms with Crippen molar-refractivity contribution in [2.24, 2.45) is 5.41 Å². The van der Waals surface area contributed by atoms with Crippen LogP contribution in [0, 0.1) is 18.2 Å². The Bertz CT molecular complexity index is 455. The summed E-state index contributed by atoms with van der Waals surface area (Å²) in [6.45, 7) is 7.41. The Labute approximate surface area is 114 Å². The third-order valence-corrected chi connectivity index (χ3v) is 2.92. The SMILES string of the molecule is Cc1ccc(F)cc1C(=O)NCC(C)(C)CN(C)C. The van der Waals surface area contributed by atoms with Crippen LogP contribution < -0.4 is 5.32 Å². The Balaban J connectivity index is 2.68. The number of amides is 1. The van der Waals surface area contributed by atoms with Gasteiger partial charge in [0.25, 0.3) is 5.91 Å². The number of nitrogens with one attached hydrogen (secondary N) is 1. The molecular weight excluding hydrogens is 243 g/mol. The fourth-order valence-corrected chi connectivity index (χ4v) is 2.17. The second-order valence-electron chi connectivity index (χ2n) is 6.04. The lowest BCUT2D eigenvalue weighted by molar-refractivity contribution is 0.0928. The molecule has 1 amide bonds. The standard InChI is InChI=1S/C15H23FN2O/c1-11-6-7-12(16)8-13(11)14(19)17-9-15(2,3)10-18(4)5/h6-8H,9-10H2,1-5H3,(H,17,19). The Morgan fingerprint density at radius 2 is 2.00 bits per heavy atom. The summed E-state index contributed by atoms with van der Waals surface area (Å²) in [6, 6.07) is 4.26. The molecule has 1 aromatic rings. The van der Waals surface area contributed by atoms with Crippen LogP contribution in [0.25, 0.3) is 0 Å². The van der Waals surface area contributed by atoms with Crippen molar-refractivity contribution in [2.45, 2.75) is 20.8 Å². The molecule has 0 unspecified atom stereocenters. The predicted octanol–water partition coefficient (Wildman–Crippen LogP) is 2.45. The minimum Gasteiger partial charge on any atom is -0.351 e. The minimum atomic E-state index is -0.386. The zero-order valence-electron chi connectivity index (χ0n) is 12.4. The lowest BCUT2D eigenvalue weighted by atomic mass is 9.92. The molecule has 0 radical (unpaired) electrons. The maximum absolute atomic E-state index is 13.2. The molecule has 1 N–H and O–H groups in total. The highest BCUT2D eigenvalue weighted by Gasteiger charge is 2.20. The normalized spacial score (nSPS) is 11.7. The molecule has 0 fully saturated rings. The molecule has 0 aliphatic carbocycles. The number of carbonyl (C=O) groups excluding carboxylic acids is 1. The smallest absolute Gasteiger partial charge is 0.251 e. The minimum absolute atomic E-state index is 0.0274. The number of halogens is 1. The van der Waals surface area contributed by atoms with E-state index in [1.54, 1.807) is 13.0 Å². The fraction of sp³-hybridized carbons (Fsp3) is 0.533. The van der Waals surface area contributed by atoms with Gasteiger partial charge in [-0.3, -0.25) is 4.79 Å². The van der Waals surface area contributed by atoms with E-state index < -0.39 is 0 Å². The van der Waals surface area contributed by atoms with Gasteiger partial charge in [-0.15, -0.1) is 0 Å². The van der Waals surface area contributed by atoms with Gasteiger partial charge < -0.3 is 10.2 Å². The maximum Gasteiger partial charge on any atom is 0.251 e. The Morgan fingerprint density at radius 1 is 1.37 bits per heavy atom. The molecule has 0 atom stereocenters. The first-order valence-corrected chi connectivity index (χ1v) is 6.40. The van der Waals surface area contributed by atoms with E-state index in [2.05, 4.69) is 24.1 Å². The van der Waals surface area contributed by atoms with Crippen LogP contribution >= 0.6 is 0 Å². The molecule has 3 nitrogen and oxygen atoms in total. The third-order valence-electron chi connectivity index (χ3n) is 2.92. The molecule has 0 heterocycles. The van der Waals surface area contributed by atoms with Gasteiger partial charge in [0.2, 0.25) is 0 Å². The van der Waals surface area contributed by atoms with Gasteiger partial charge in [0.05, 0.1) is 0 Å². The molecular formula is C15H23FN2O. The van der Waals surface area contributed by atoms with Crippen molar-refractivity contribution >= 4 is 5.91 Å². The van der Waals surface area contributed by atoms with Crippen LogP contribution in [0.15, 0.2) is 18.2 Å². The van der Waals surface area contributed by atoms with Gasteiger partial charge in [0.15, 0.2) is 0 Å². The molecule has 0 bridgehead atoms. The highest BCUT2D eigenvalue weighted by molar-refractivity contribution is 5.95. The van der Waals surface area contributed by atoms with E-state index in [-0.39, 0.29) is 17.1 Å². The van der Waals surface area contributed by atoms with Gasteiger partial charge in [-0.1, -0.05) is 19.9 Å². The van der Waals surface area contributed by atoms with E-state index >= 15 is 0 Å². The van der Waals surface area contributed by atoms with Gasteiger partial charge in [-0.2, -0.15) is 0 Å². The number of nitrogens with zero attached hydrogens (tertiary/aromatic N) is 1. The quantitative estimate of drug-likeness (QED) is 0.888. The molecule has 0 aliphatic rings. The van der Waals surface area contributed by atoms with E-state index in [4.69, 9.17) is 0 Å². The first kappa shape index (κ1) is 15.6. The van der Waals surface area contributed by atoms with Gasteiger partial charge in [-0.25, -0.2) is 4.39 Å². The summed E-state index contributed by atoms with van der Waals surface area (Å²) in [5.74, 6) is -0.605. The number of rotatable bonds is 5. The maximum atomic E-state index is 13.2. The summed E-state index contributed by atoms with van der Waals surface area (Å²) in [5, 5.41) is 2.88. The number of carbonyl (C=O) groups is 1. The Kier molecular flexibility index (Phi) is 5.06. The molecule has 106 valence electrons. The van der Waals surface area contributed by atoms with E-state index in [1.165, 1.54) is 12.1 Å². The summed E-state index contributed by atoms with van der Waals surface area (Å²) in [4.78, 5) is 14.1. The second-order valence-corrected chi connectivity index (χ2v) is 6.04. The molecule has 0 saturated heterocycles. The van der Waals surface area contributed by atoms with Crippen LogP contribution in [0.5, 0.6) is 0 Å². The molecule has 4 heteroatoms. The molecule has 0 aliphatic heterocycles. The summed E-state index contributed by atoms with van der Waals surface area (Å²) in [7, 11) is 4.00. The zero-order chi connectivity index (χ0) is 14.6. The summed E-state index contributed by atoms with van der Waals surface area (Å²) < 4.78 is 13.2. The first-order chi connectivity index (χ1) is 8.71. The van der Waals surface area contributed by atoms with Crippen LogP contribution in [0.1, 0.15) is 29.8 Å². The monoisotopic (exact) mass is 266 g/mol. The van der Waals surface area contributed by atoms with Crippen molar-refractivity contribution in [3.05, 3.63) is 35.1 Å². The van der Waals surface area contributed by atoms with Gasteiger partial charge >= 0.3 is 0 Å². The van der Waals surface area contributed by atoms with Gasteiger partial charge in [-0.05, 0) is 44.1 Å². The molecule has 0 aromatic heterocycles. The predicted molar refractivity (Wildman–Crippen MR) is 75.8 cm³/mol. The van der Waals surface area contributed by atoms with Gasteiger partial charge in [0, 0.05) is 18.7 Å². The van der Waals surface area contributed by atoms with E-state index in [0.717, 1.165) is 12.1 Å². The van der Waals surface area contributed by atoms with E-state index in [0.29, 0.717) is 12.1 Å². The van der Waals surface area contributed by atoms with Crippen LogP contribution in [-0.2, 0) is 0 Å². The summed E-state index contributed by atoms with van der Waals surface area (Å²) >= 11 is 0. The fourth-order valence-electron chi connectivity index (χ4n) is 2.17. The van der Waals surface area contributed by atoms with E-state index in [1.807, 2.05) is 14.1 Å². The average Bonchev–Trinajstić information content (AvgIpc) is 2.27. The summed E-state index contributed by atoms with van der Waals surface area (Å²) in [5.41, 5.74) is 1.16. The second kappa shape index (κ2) is 6.15. The van der Waals surface area contributed by atoms with Crippen molar-refractivity contribution in [1.82, 2.24) is 10.2 Å². The first-order valence-electron chi connectivity index (χ1n) is 6.40.